The van der Waals surface area contributed by atoms with Gasteiger partial charge in [-0.3, -0.25) is 0 Å². The van der Waals surface area contributed by atoms with E-state index in [0.717, 1.165) is 24.5 Å². The summed E-state index contributed by atoms with van der Waals surface area (Å²) in [5, 5.41) is 0. The monoisotopic (exact) mass is 219 g/mol. The fourth-order valence-corrected chi connectivity index (χ4v) is 2.36. The number of hydrogen-bond donors (Lipinski definition) is 1. The molecular weight excluding hydrogens is 198 g/mol. The number of rotatable bonds is 2. The molecule has 3 heteroatoms. The van der Waals surface area contributed by atoms with Gasteiger partial charge in [0.2, 0.25) is 0 Å². The highest BCUT2D eigenvalue weighted by molar-refractivity contribution is 5.48. The van der Waals surface area contributed by atoms with E-state index in [2.05, 4.69) is 36.7 Å². The van der Waals surface area contributed by atoms with E-state index in [1.54, 1.807) is 0 Å². The van der Waals surface area contributed by atoms with Crippen molar-refractivity contribution in [2.45, 2.75) is 33.7 Å². The van der Waals surface area contributed by atoms with Gasteiger partial charge >= 0.3 is 0 Å². The number of aromatic nitrogens is 1. The van der Waals surface area contributed by atoms with Crippen molar-refractivity contribution in [2.75, 3.05) is 18.0 Å². The van der Waals surface area contributed by atoms with E-state index in [0.29, 0.717) is 12.0 Å². The van der Waals surface area contributed by atoms with Crippen molar-refractivity contribution >= 4 is 5.82 Å². The molecule has 0 unspecified atom stereocenters. The Balaban J connectivity index is 2.22. The van der Waals surface area contributed by atoms with Gasteiger partial charge in [0.15, 0.2) is 0 Å². The lowest BCUT2D eigenvalue weighted by atomic mass is 9.93. The number of anilines is 1. The molecule has 1 saturated heterocycles. The van der Waals surface area contributed by atoms with Crippen LogP contribution in [0.15, 0.2) is 12.3 Å². The maximum atomic E-state index is 5.61. The molecule has 0 bridgehead atoms. The van der Waals surface area contributed by atoms with Gasteiger partial charge in [0.05, 0.1) is 0 Å². The Labute approximate surface area is 97.7 Å². The molecule has 3 nitrogen and oxygen atoms in total. The van der Waals surface area contributed by atoms with Gasteiger partial charge in [-0.1, -0.05) is 13.8 Å². The van der Waals surface area contributed by atoms with Crippen LogP contribution >= 0.6 is 0 Å². The fourth-order valence-electron chi connectivity index (χ4n) is 2.36. The lowest BCUT2D eigenvalue weighted by molar-refractivity contribution is 0.418. The summed E-state index contributed by atoms with van der Waals surface area (Å²) in [6, 6.07) is 2.15. The smallest absolute Gasteiger partial charge is 0.131 e. The highest BCUT2D eigenvalue weighted by Gasteiger charge is 2.30. The summed E-state index contributed by atoms with van der Waals surface area (Å²) < 4.78 is 0. The quantitative estimate of drug-likeness (QED) is 0.828. The predicted molar refractivity (Wildman–Crippen MR) is 67.5 cm³/mol. The van der Waals surface area contributed by atoms with Crippen LogP contribution < -0.4 is 10.6 Å². The Morgan fingerprint density at radius 3 is 2.75 bits per heavy atom. The van der Waals surface area contributed by atoms with Crippen LogP contribution in [0, 0.1) is 12.3 Å². The number of nitrogens with two attached hydrogens (primary N) is 1. The minimum Gasteiger partial charge on any atom is -0.356 e. The third-order valence-corrected chi connectivity index (χ3v) is 3.32. The molecule has 1 aliphatic rings. The number of hydrogen-bond acceptors (Lipinski definition) is 3. The summed E-state index contributed by atoms with van der Waals surface area (Å²) >= 11 is 0. The summed E-state index contributed by atoms with van der Waals surface area (Å²) in [7, 11) is 0. The Morgan fingerprint density at radius 1 is 1.50 bits per heavy atom. The summed E-state index contributed by atoms with van der Waals surface area (Å²) in [6.45, 7) is 9.53. The molecule has 1 fully saturated rings. The summed E-state index contributed by atoms with van der Waals surface area (Å²) in [6.07, 6.45) is 3.14. The van der Waals surface area contributed by atoms with Gasteiger partial charge in [0.1, 0.15) is 5.82 Å². The number of pyridine rings is 1. The minimum atomic E-state index is 0.417. The van der Waals surface area contributed by atoms with E-state index in [1.165, 1.54) is 12.0 Å². The molecule has 88 valence electrons. The lowest BCUT2D eigenvalue weighted by Crippen LogP contribution is -2.24. The number of nitrogens with zero attached hydrogens (tertiary/aromatic N) is 2. The molecule has 1 aromatic heterocycles. The van der Waals surface area contributed by atoms with Crippen LogP contribution in [-0.2, 0) is 6.54 Å². The predicted octanol–water partition coefficient (Wildman–Crippen LogP) is 2.09. The van der Waals surface area contributed by atoms with Crippen LogP contribution in [-0.4, -0.2) is 18.1 Å². The summed E-state index contributed by atoms with van der Waals surface area (Å²) in [5.41, 5.74) is 8.38. The molecular formula is C13H21N3. The zero-order valence-corrected chi connectivity index (χ0v) is 10.5. The Bertz CT molecular complexity index is 385. The molecule has 0 spiro atoms. The molecule has 0 amide bonds. The maximum Gasteiger partial charge on any atom is 0.131 e. The maximum absolute atomic E-state index is 5.61. The third-order valence-electron chi connectivity index (χ3n) is 3.32. The normalized spacial score (nSPS) is 19.1. The SMILES string of the molecule is Cc1cc(CN)cnc1N1CCC(C)(C)C1. The molecule has 2 N–H and O–H groups in total. The van der Waals surface area contributed by atoms with Crippen LogP contribution in [0.4, 0.5) is 5.82 Å². The Hall–Kier alpha value is -1.09. The van der Waals surface area contributed by atoms with E-state index in [1.807, 2.05) is 6.20 Å². The van der Waals surface area contributed by atoms with Gasteiger partial charge in [-0.05, 0) is 36.0 Å². The van der Waals surface area contributed by atoms with Gasteiger partial charge in [-0.2, -0.15) is 0 Å². The molecule has 16 heavy (non-hydrogen) atoms. The van der Waals surface area contributed by atoms with Crippen molar-refractivity contribution in [2.24, 2.45) is 11.1 Å². The van der Waals surface area contributed by atoms with Gasteiger partial charge in [-0.15, -0.1) is 0 Å². The van der Waals surface area contributed by atoms with Gasteiger partial charge in [0, 0.05) is 25.8 Å². The standard InChI is InChI=1S/C13H21N3/c1-10-6-11(7-14)8-15-12(10)16-5-4-13(2,3)9-16/h6,8H,4-5,7,9,14H2,1-3H3. The molecule has 0 radical (unpaired) electrons. The number of aryl methyl sites for hydroxylation is 1. The summed E-state index contributed by atoms with van der Waals surface area (Å²) in [5.74, 6) is 1.13. The van der Waals surface area contributed by atoms with Crippen molar-refractivity contribution in [3.63, 3.8) is 0 Å². The third kappa shape index (κ3) is 2.19. The molecule has 0 saturated carbocycles. The molecule has 1 aliphatic heterocycles. The highest BCUT2D eigenvalue weighted by Crippen LogP contribution is 2.32. The molecule has 0 aliphatic carbocycles. The van der Waals surface area contributed by atoms with E-state index >= 15 is 0 Å². The molecule has 0 atom stereocenters. The van der Waals surface area contributed by atoms with Crippen molar-refractivity contribution < 1.29 is 0 Å². The van der Waals surface area contributed by atoms with Crippen molar-refractivity contribution in [1.29, 1.82) is 0 Å². The van der Waals surface area contributed by atoms with E-state index in [9.17, 15) is 0 Å². The van der Waals surface area contributed by atoms with Crippen molar-refractivity contribution in [3.05, 3.63) is 23.4 Å². The van der Waals surface area contributed by atoms with Crippen LogP contribution in [0.3, 0.4) is 0 Å². The van der Waals surface area contributed by atoms with Crippen LogP contribution in [0.2, 0.25) is 0 Å². The van der Waals surface area contributed by atoms with Crippen molar-refractivity contribution in [3.8, 4) is 0 Å². The zero-order chi connectivity index (χ0) is 11.8. The topological polar surface area (TPSA) is 42.1 Å². The van der Waals surface area contributed by atoms with E-state index in [-0.39, 0.29) is 0 Å². The Kier molecular flexibility index (Phi) is 2.89. The molecule has 2 heterocycles. The largest absolute Gasteiger partial charge is 0.356 e. The van der Waals surface area contributed by atoms with Crippen LogP contribution in [0.1, 0.15) is 31.4 Å². The Morgan fingerprint density at radius 2 is 2.25 bits per heavy atom. The second-order valence-corrected chi connectivity index (χ2v) is 5.52. The molecule has 2 rings (SSSR count). The van der Waals surface area contributed by atoms with Crippen LogP contribution in [0.5, 0.6) is 0 Å². The van der Waals surface area contributed by atoms with Crippen molar-refractivity contribution in [1.82, 2.24) is 4.98 Å². The fraction of sp³-hybridized carbons (Fsp3) is 0.615. The molecule has 1 aromatic rings. The first kappa shape index (κ1) is 11.4. The van der Waals surface area contributed by atoms with Gasteiger partial charge < -0.3 is 10.6 Å². The average molecular weight is 219 g/mol. The molecule has 0 aromatic carbocycles. The first-order valence-electron chi connectivity index (χ1n) is 5.92. The lowest BCUT2D eigenvalue weighted by Gasteiger charge is -2.22. The van der Waals surface area contributed by atoms with Gasteiger partial charge in [-0.25, -0.2) is 4.98 Å². The highest BCUT2D eigenvalue weighted by atomic mass is 15.2. The second-order valence-electron chi connectivity index (χ2n) is 5.52. The average Bonchev–Trinajstić information content (AvgIpc) is 2.58. The summed E-state index contributed by atoms with van der Waals surface area (Å²) in [4.78, 5) is 6.93. The van der Waals surface area contributed by atoms with Gasteiger partial charge in [0.25, 0.3) is 0 Å². The van der Waals surface area contributed by atoms with Crippen LogP contribution in [0.25, 0.3) is 0 Å². The van der Waals surface area contributed by atoms with E-state index in [4.69, 9.17) is 5.73 Å². The first-order valence-corrected chi connectivity index (χ1v) is 5.92. The second kappa shape index (κ2) is 4.06. The zero-order valence-electron chi connectivity index (χ0n) is 10.5. The first-order chi connectivity index (χ1) is 7.52. The van der Waals surface area contributed by atoms with E-state index < -0.39 is 0 Å². The minimum absolute atomic E-state index is 0.417.